The normalized spacial score (nSPS) is 23.8. The summed E-state index contributed by atoms with van der Waals surface area (Å²) in [6, 6.07) is 5.45. The minimum Gasteiger partial charge on any atom is -0.496 e. The Morgan fingerprint density at radius 2 is 2.16 bits per heavy atom. The Morgan fingerprint density at radius 3 is 2.63 bits per heavy atom. The molecule has 1 fully saturated rings. The number of hydrogen-bond donors (Lipinski definition) is 2. The fourth-order valence-corrected chi connectivity index (χ4v) is 3.00. The highest BCUT2D eigenvalue weighted by molar-refractivity contribution is 6.30. The number of ether oxygens (including phenoxy) is 1. The van der Waals surface area contributed by atoms with Crippen molar-refractivity contribution >= 4 is 11.6 Å². The van der Waals surface area contributed by atoms with Gasteiger partial charge in [-0.2, -0.15) is 0 Å². The van der Waals surface area contributed by atoms with Crippen LogP contribution in [-0.4, -0.2) is 24.9 Å². The molecule has 3 atom stereocenters. The van der Waals surface area contributed by atoms with E-state index in [1.165, 1.54) is 0 Å². The second-order valence-corrected chi connectivity index (χ2v) is 6.45. The molecule has 0 aliphatic heterocycles. The van der Waals surface area contributed by atoms with E-state index in [2.05, 4.69) is 13.8 Å². The maximum atomic E-state index is 10.6. The molecule has 4 heteroatoms. The molecule has 0 aromatic heterocycles. The van der Waals surface area contributed by atoms with Crippen LogP contribution in [0, 0.1) is 11.3 Å². The number of rotatable bonds is 5. The third-order valence-electron chi connectivity index (χ3n) is 4.26. The Morgan fingerprint density at radius 1 is 1.53 bits per heavy atom. The fraction of sp³-hybridized carbons (Fsp3) is 0.600. The van der Waals surface area contributed by atoms with Crippen LogP contribution in [0.15, 0.2) is 18.2 Å². The van der Waals surface area contributed by atoms with E-state index in [1.54, 1.807) is 13.2 Å². The van der Waals surface area contributed by atoms with Crippen LogP contribution in [0.2, 0.25) is 5.02 Å². The number of nitrogens with two attached hydrogens (primary N) is 1. The molecule has 3 unspecified atom stereocenters. The van der Waals surface area contributed by atoms with Crippen LogP contribution in [-0.2, 0) is 0 Å². The molecule has 0 bridgehead atoms. The van der Waals surface area contributed by atoms with E-state index in [4.69, 9.17) is 22.1 Å². The zero-order valence-corrected chi connectivity index (χ0v) is 12.4. The lowest BCUT2D eigenvalue weighted by molar-refractivity contribution is 0.108. The minimum atomic E-state index is -0.452. The largest absolute Gasteiger partial charge is 0.496 e. The summed E-state index contributed by atoms with van der Waals surface area (Å²) in [6.45, 7) is 4.72. The van der Waals surface area contributed by atoms with Gasteiger partial charge in [-0.25, -0.2) is 0 Å². The monoisotopic (exact) mass is 283 g/mol. The molecule has 0 radical (unpaired) electrons. The van der Waals surface area contributed by atoms with Crippen LogP contribution in [0.1, 0.15) is 31.7 Å². The van der Waals surface area contributed by atoms with Crippen molar-refractivity contribution in [2.45, 2.75) is 32.3 Å². The summed E-state index contributed by atoms with van der Waals surface area (Å²) in [5.41, 5.74) is 6.98. The van der Waals surface area contributed by atoms with Gasteiger partial charge in [-0.1, -0.05) is 25.4 Å². The third kappa shape index (κ3) is 2.88. The van der Waals surface area contributed by atoms with Crippen molar-refractivity contribution in [3.8, 4) is 5.75 Å². The molecule has 3 nitrogen and oxygen atoms in total. The number of halogens is 1. The smallest absolute Gasteiger partial charge is 0.122 e. The molecular weight excluding hydrogens is 262 g/mol. The first kappa shape index (κ1) is 14.6. The average Bonchev–Trinajstić information content (AvgIpc) is 2.99. The minimum absolute atomic E-state index is 0.138. The SMILES string of the molecule is COc1ccc(Cl)cc1C(CN)C(O)C1CC1(C)C. The van der Waals surface area contributed by atoms with E-state index in [9.17, 15) is 5.11 Å². The lowest BCUT2D eigenvalue weighted by Crippen LogP contribution is -2.29. The Labute approximate surface area is 119 Å². The van der Waals surface area contributed by atoms with E-state index in [1.807, 2.05) is 12.1 Å². The summed E-state index contributed by atoms with van der Waals surface area (Å²) in [6.07, 6.45) is 0.584. The number of benzene rings is 1. The molecular formula is C15H22ClNO2. The molecule has 0 heterocycles. The van der Waals surface area contributed by atoms with Crippen molar-refractivity contribution < 1.29 is 9.84 Å². The van der Waals surface area contributed by atoms with Gasteiger partial charge in [-0.05, 0) is 36.0 Å². The lowest BCUT2D eigenvalue weighted by atomic mass is 9.88. The summed E-state index contributed by atoms with van der Waals surface area (Å²) in [4.78, 5) is 0. The van der Waals surface area contributed by atoms with Crippen LogP contribution in [0.25, 0.3) is 0 Å². The highest BCUT2D eigenvalue weighted by atomic mass is 35.5. The maximum Gasteiger partial charge on any atom is 0.122 e. The molecule has 3 N–H and O–H groups in total. The van der Waals surface area contributed by atoms with Crippen LogP contribution < -0.4 is 10.5 Å². The van der Waals surface area contributed by atoms with Crippen LogP contribution in [0.4, 0.5) is 0 Å². The fourth-order valence-electron chi connectivity index (χ4n) is 2.82. The van der Waals surface area contributed by atoms with Gasteiger partial charge in [0.05, 0.1) is 13.2 Å². The summed E-state index contributed by atoms with van der Waals surface area (Å²) in [5, 5.41) is 11.2. The van der Waals surface area contributed by atoms with Gasteiger partial charge in [-0.15, -0.1) is 0 Å². The molecule has 2 rings (SSSR count). The van der Waals surface area contributed by atoms with Crippen molar-refractivity contribution in [3.63, 3.8) is 0 Å². The van der Waals surface area contributed by atoms with Gasteiger partial charge in [0.15, 0.2) is 0 Å². The Hall–Kier alpha value is -0.770. The number of hydrogen-bond acceptors (Lipinski definition) is 3. The van der Waals surface area contributed by atoms with Crippen molar-refractivity contribution in [1.82, 2.24) is 0 Å². The molecule has 1 aliphatic rings. The van der Waals surface area contributed by atoms with Gasteiger partial charge < -0.3 is 15.6 Å². The zero-order valence-electron chi connectivity index (χ0n) is 11.7. The summed E-state index contributed by atoms with van der Waals surface area (Å²) < 4.78 is 5.36. The first-order valence-corrected chi connectivity index (χ1v) is 7.00. The van der Waals surface area contributed by atoms with Gasteiger partial charge in [-0.3, -0.25) is 0 Å². The van der Waals surface area contributed by atoms with E-state index in [-0.39, 0.29) is 11.3 Å². The van der Waals surface area contributed by atoms with Crippen molar-refractivity contribution in [2.24, 2.45) is 17.1 Å². The summed E-state index contributed by atoms with van der Waals surface area (Å²) >= 11 is 6.05. The van der Waals surface area contributed by atoms with Crippen molar-refractivity contribution in [3.05, 3.63) is 28.8 Å². The molecule has 19 heavy (non-hydrogen) atoms. The summed E-state index contributed by atoms with van der Waals surface area (Å²) in [5.74, 6) is 0.891. The molecule has 0 saturated heterocycles. The van der Waals surface area contributed by atoms with Crippen molar-refractivity contribution in [2.75, 3.05) is 13.7 Å². The number of aliphatic hydroxyl groups is 1. The standard InChI is InChI=1S/C15H22ClNO2/c1-15(2)7-12(15)14(18)11(8-17)10-6-9(16)4-5-13(10)19-3/h4-6,11-12,14,18H,7-8,17H2,1-3H3. The highest BCUT2D eigenvalue weighted by Crippen LogP contribution is 2.56. The average molecular weight is 284 g/mol. The molecule has 1 aliphatic carbocycles. The molecule has 0 amide bonds. The predicted octanol–water partition coefficient (Wildman–Crippen LogP) is 2.80. The van der Waals surface area contributed by atoms with Crippen LogP contribution in [0.5, 0.6) is 5.75 Å². The first-order valence-electron chi connectivity index (χ1n) is 6.62. The van der Waals surface area contributed by atoms with Gasteiger partial charge in [0, 0.05) is 23.0 Å². The highest BCUT2D eigenvalue weighted by Gasteiger charge is 2.51. The molecule has 0 spiro atoms. The third-order valence-corrected chi connectivity index (χ3v) is 4.49. The van der Waals surface area contributed by atoms with Crippen LogP contribution in [0.3, 0.4) is 0 Å². The number of methoxy groups -OCH3 is 1. The zero-order chi connectivity index (χ0) is 14.2. The topological polar surface area (TPSA) is 55.5 Å². The van der Waals surface area contributed by atoms with E-state index in [0.29, 0.717) is 17.5 Å². The Kier molecular flexibility index (Phi) is 4.09. The quantitative estimate of drug-likeness (QED) is 0.874. The Bertz CT molecular complexity index is 461. The molecule has 1 saturated carbocycles. The lowest BCUT2D eigenvalue weighted by Gasteiger charge is -2.25. The first-order chi connectivity index (χ1) is 8.90. The van der Waals surface area contributed by atoms with E-state index in [0.717, 1.165) is 17.7 Å². The van der Waals surface area contributed by atoms with E-state index < -0.39 is 6.10 Å². The Balaban J connectivity index is 2.29. The summed E-state index contributed by atoms with van der Waals surface area (Å²) in [7, 11) is 1.62. The van der Waals surface area contributed by atoms with Gasteiger partial charge in [0.1, 0.15) is 5.75 Å². The molecule has 106 valence electrons. The second-order valence-electron chi connectivity index (χ2n) is 6.02. The molecule has 1 aromatic carbocycles. The van der Waals surface area contributed by atoms with Gasteiger partial charge in [0.25, 0.3) is 0 Å². The maximum absolute atomic E-state index is 10.6. The van der Waals surface area contributed by atoms with Crippen LogP contribution >= 0.6 is 11.6 Å². The molecule has 1 aromatic rings. The number of aliphatic hydroxyl groups excluding tert-OH is 1. The second kappa shape index (κ2) is 5.31. The van der Waals surface area contributed by atoms with Crippen molar-refractivity contribution in [1.29, 1.82) is 0 Å². The van der Waals surface area contributed by atoms with Gasteiger partial charge in [0.2, 0.25) is 0 Å². The van der Waals surface area contributed by atoms with Gasteiger partial charge >= 0.3 is 0 Å². The predicted molar refractivity (Wildman–Crippen MR) is 77.7 cm³/mol. The van der Waals surface area contributed by atoms with E-state index >= 15 is 0 Å².